The molecule has 0 saturated carbocycles. The highest BCUT2D eigenvalue weighted by molar-refractivity contribution is 7.11. The van der Waals surface area contributed by atoms with E-state index in [1.165, 1.54) is 18.2 Å². The van der Waals surface area contributed by atoms with Crippen LogP contribution in [0.25, 0.3) is 0 Å². The molecule has 0 bridgehead atoms. The van der Waals surface area contributed by atoms with Gasteiger partial charge in [-0.05, 0) is 25.1 Å². The molecule has 0 aliphatic heterocycles. The molecule has 7 heteroatoms. The number of carbonyl (C=O) groups is 1. The van der Waals surface area contributed by atoms with Crippen molar-refractivity contribution in [1.82, 2.24) is 10.3 Å². The summed E-state index contributed by atoms with van der Waals surface area (Å²) >= 11 is 7.36. The number of nitrogens with zero attached hydrogens (tertiary/aromatic N) is 1. The Morgan fingerprint density at radius 3 is 3.00 bits per heavy atom. The molecule has 1 heterocycles. The molecule has 4 nitrogen and oxygen atoms in total. The molecular formula is C14H14ClFN2O2S. The Balaban J connectivity index is 1.71. The third-order valence-electron chi connectivity index (χ3n) is 2.61. The van der Waals surface area contributed by atoms with E-state index in [0.717, 1.165) is 9.88 Å². The highest BCUT2D eigenvalue weighted by atomic mass is 35.5. The number of aryl methyl sites for hydroxylation is 1. The lowest BCUT2D eigenvalue weighted by Crippen LogP contribution is -2.24. The molecule has 112 valence electrons. The van der Waals surface area contributed by atoms with E-state index < -0.39 is 5.82 Å². The van der Waals surface area contributed by atoms with Crippen LogP contribution < -0.4 is 10.1 Å². The van der Waals surface area contributed by atoms with E-state index in [-0.39, 0.29) is 24.0 Å². The number of nitrogens with one attached hydrogen (secondary N) is 1. The third kappa shape index (κ3) is 4.99. The van der Waals surface area contributed by atoms with E-state index in [9.17, 15) is 9.18 Å². The number of carbonyl (C=O) groups excluding carboxylic acids is 1. The maximum atomic E-state index is 12.9. The zero-order chi connectivity index (χ0) is 15.2. The van der Waals surface area contributed by atoms with Crippen molar-refractivity contribution in [1.29, 1.82) is 0 Å². The van der Waals surface area contributed by atoms with Crippen molar-refractivity contribution in [2.24, 2.45) is 0 Å². The maximum absolute atomic E-state index is 12.9. The average Bonchev–Trinajstić information content (AvgIpc) is 2.85. The fourth-order valence-corrected chi connectivity index (χ4v) is 2.56. The molecule has 1 aromatic heterocycles. The number of benzene rings is 1. The van der Waals surface area contributed by atoms with Crippen molar-refractivity contribution in [3.05, 3.63) is 45.1 Å². The summed E-state index contributed by atoms with van der Waals surface area (Å²) in [5.74, 6) is -0.187. The minimum atomic E-state index is -0.426. The van der Waals surface area contributed by atoms with Crippen LogP contribution in [0.1, 0.15) is 16.3 Å². The average molecular weight is 329 g/mol. The summed E-state index contributed by atoms with van der Waals surface area (Å²) in [6.45, 7) is 2.55. The number of hydrogen-bond donors (Lipinski definition) is 1. The number of thiazole rings is 1. The van der Waals surface area contributed by atoms with Gasteiger partial charge in [0.25, 0.3) is 0 Å². The Hall–Kier alpha value is -1.66. The number of rotatable bonds is 6. The normalized spacial score (nSPS) is 10.4. The molecule has 21 heavy (non-hydrogen) atoms. The van der Waals surface area contributed by atoms with Gasteiger partial charge < -0.3 is 10.1 Å². The van der Waals surface area contributed by atoms with Crippen LogP contribution in [0.2, 0.25) is 5.02 Å². The number of hydrogen-bond acceptors (Lipinski definition) is 4. The molecular weight excluding hydrogens is 315 g/mol. The van der Waals surface area contributed by atoms with E-state index in [4.69, 9.17) is 16.3 Å². The molecule has 1 amide bonds. The molecule has 0 aliphatic rings. The maximum Gasteiger partial charge on any atom is 0.223 e. The topological polar surface area (TPSA) is 51.2 Å². The first-order valence-electron chi connectivity index (χ1n) is 6.30. The molecule has 1 aromatic carbocycles. The van der Waals surface area contributed by atoms with Crippen molar-refractivity contribution in [3.8, 4) is 5.75 Å². The van der Waals surface area contributed by atoms with E-state index in [2.05, 4.69) is 10.3 Å². The quantitative estimate of drug-likeness (QED) is 0.885. The van der Waals surface area contributed by atoms with Gasteiger partial charge in [-0.25, -0.2) is 9.37 Å². The summed E-state index contributed by atoms with van der Waals surface area (Å²) in [6, 6.07) is 3.87. The van der Waals surface area contributed by atoms with Gasteiger partial charge in [-0.2, -0.15) is 0 Å². The Morgan fingerprint density at radius 1 is 1.52 bits per heavy atom. The summed E-state index contributed by atoms with van der Waals surface area (Å²) in [5.41, 5.74) is 0. The number of ether oxygens (including phenoxy) is 1. The highest BCUT2D eigenvalue weighted by Gasteiger charge is 2.06. The summed E-state index contributed by atoms with van der Waals surface area (Å²) in [6.07, 6.45) is 1.94. The third-order valence-corrected chi connectivity index (χ3v) is 3.82. The van der Waals surface area contributed by atoms with Gasteiger partial charge in [0.15, 0.2) is 0 Å². The lowest BCUT2D eigenvalue weighted by molar-refractivity contribution is -0.121. The van der Waals surface area contributed by atoms with Gasteiger partial charge in [0, 0.05) is 11.1 Å². The van der Waals surface area contributed by atoms with E-state index in [1.54, 1.807) is 17.5 Å². The van der Waals surface area contributed by atoms with Crippen LogP contribution in [-0.4, -0.2) is 17.5 Å². The van der Waals surface area contributed by atoms with Crippen molar-refractivity contribution < 1.29 is 13.9 Å². The molecule has 0 aliphatic carbocycles. The summed E-state index contributed by atoms with van der Waals surface area (Å²) in [4.78, 5) is 16.8. The highest BCUT2D eigenvalue weighted by Crippen LogP contribution is 2.24. The van der Waals surface area contributed by atoms with Crippen LogP contribution in [0.3, 0.4) is 0 Å². The fraction of sp³-hybridized carbons (Fsp3) is 0.286. The van der Waals surface area contributed by atoms with Crippen molar-refractivity contribution >= 4 is 28.8 Å². The first kappa shape index (κ1) is 15.7. The standard InChI is InChI=1S/C14H14ClFN2O2S/c1-9-17-7-11(21-9)8-18-14(19)4-5-20-13-3-2-10(16)6-12(13)15/h2-3,6-7H,4-5,8H2,1H3,(H,18,19). The van der Waals surface area contributed by atoms with Gasteiger partial charge in [-0.15, -0.1) is 11.3 Å². The minimum Gasteiger partial charge on any atom is -0.491 e. The zero-order valence-electron chi connectivity index (χ0n) is 11.4. The molecule has 2 aromatic rings. The Kier molecular flexibility index (Phi) is 5.52. The predicted octanol–water partition coefficient (Wildman–Crippen LogP) is 3.33. The second-order valence-corrected chi connectivity index (χ2v) is 6.02. The van der Waals surface area contributed by atoms with Crippen LogP contribution >= 0.6 is 22.9 Å². The monoisotopic (exact) mass is 328 g/mol. The molecule has 0 radical (unpaired) electrons. The van der Waals surface area contributed by atoms with Crippen LogP contribution in [0, 0.1) is 12.7 Å². The van der Waals surface area contributed by atoms with Crippen molar-refractivity contribution in [2.45, 2.75) is 19.9 Å². The first-order valence-corrected chi connectivity index (χ1v) is 7.50. The molecule has 0 fully saturated rings. The van der Waals surface area contributed by atoms with Crippen LogP contribution in [0.15, 0.2) is 24.4 Å². The van der Waals surface area contributed by atoms with Crippen LogP contribution in [0.4, 0.5) is 4.39 Å². The number of halogens is 2. The molecule has 0 spiro atoms. The molecule has 1 N–H and O–H groups in total. The second kappa shape index (κ2) is 7.38. The van der Waals surface area contributed by atoms with Gasteiger partial charge in [0.05, 0.1) is 29.6 Å². The second-order valence-electron chi connectivity index (χ2n) is 4.30. The van der Waals surface area contributed by atoms with Gasteiger partial charge in [0.2, 0.25) is 5.91 Å². The summed E-state index contributed by atoms with van der Waals surface area (Å²) in [5, 5.41) is 3.94. The Morgan fingerprint density at radius 2 is 2.33 bits per heavy atom. The van der Waals surface area contributed by atoms with Gasteiger partial charge in [-0.3, -0.25) is 4.79 Å². The minimum absolute atomic E-state index is 0.126. The van der Waals surface area contributed by atoms with Crippen LogP contribution in [-0.2, 0) is 11.3 Å². The summed E-state index contributed by atoms with van der Waals surface area (Å²) in [7, 11) is 0. The first-order chi connectivity index (χ1) is 10.0. The van der Waals surface area contributed by atoms with E-state index in [0.29, 0.717) is 12.3 Å². The van der Waals surface area contributed by atoms with Gasteiger partial charge in [0.1, 0.15) is 11.6 Å². The van der Waals surface area contributed by atoms with E-state index in [1.807, 2.05) is 6.92 Å². The molecule has 0 unspecified atom stereocenters. The number of amides is 1. The lowest BCUT2D eigenvalue weighted by Gasteiger charge is -2.08. The van der Waals surface area contributed by atoms with Crippen LogP contribution in [0.5, 0.6) is 5.75 Å². The SMILES string of the molecule is Cc1ncc(CNC(=O)CCOc2ccc(F)cc2Cl)s1. The summed E-state index contributed by atoms with van der Waals surface area (Å²) < 4.78 is 18.2. The van der Waals surface area contributed by atoms with Crippen molar-refractivity contribution in [2.75, 3.05) is 6.61 Å². The molecule has 0 saturated heterocycles. The molecule has 0 atom stereocenters. The van der Waals surface area contributed by atoms with Gasteiger partial charge >= 0.3 is 0 Å². The Bertz CT molecular complexity index is 633. The van der Waals surface area contributed by atoms with E-state index >= 15 is 0 Å². The lowest BCUT2D eigenvalue weighted by atomic mass is 10.3. The van der Waals surface area contributed by atoms with Crippen molar-refractivity contribution in [3.63, 3.8) is 0 Å². The smallest absolute Gasteiger partial charge is 0.223 e. The zero-order valence-corrected chi connectivity index (χ0v) is 12.9. The number of aromatic nitrogens is 1. The fourth-order valence-electron chi connectivity index (χ4n) is 1.61. The predicted molar refractivity (Wildman–Crippen MR) is 80.2 cm³/mol. The largest absolute Gasteiger partial charge is 0.491 e. The molecule has 2 rings (SSSR count). The van der Waals surface area contributed by atoms with Gasteiger partial charge in [-0.1, -0.05) is 11.6 Å². The Labute approximate surface area is 130 Å².